The van der Waals surface area contributed by atoms with Gasteiger partial charge in [0.2, 0.25) is 0 Å². The minimum atomic E-state index is -0.848. The fourth-order valence-corrected chi connectivity index (χ4v) is 3.74. The van der Waals surface area contributed by atoms with E-state index >= 15 is 0 Å². The molecule has 2 heterocycles. The van der Waals surface area contributed by atoms with Gasteiger partial charge in [0.15, 0.2) is 0 Å². The van der Waals surface area contributed by atoms with E-state index < -0.39 is 17.7 Å². The van der Waals surface area contributed by atoms with Crippen LogP contribution in [0.5, 0.6) is 11.5 Å². The molecule has 0 saturated carbocycles. The summed E-state index contributed by atoms with van der Waals surface area (Å²) in [5, 5.41) is 11.0. The van der Waals surface area contributed by atoms with E-state index in [2.05, 4.69) is 0 Å². The van der Waals surface area contributed by atoms with Crippen molar-refractivity contribution < 1.29 is 28.6 Å². The summed E-state index contributed by atoms with van der Waals surface area (Å²) in [6.45, 7) is 2.62. The highest BCUT2D eigenvalue weighted by Gasteiger charge is 2.47. The van der Waals surface area contributed by atoms with E-state index in [4.69, 9.17) is 13.9 Å². The van der Waals surface area contributed by atoms with Gasteiger partial charge in [-0.25, -0.2) is 0 Å². The number of benzene rings is 2. The average Bonchev–Trinajstić information content (AvgIpc) is 3.43. The number of aliphatic hydroxyl groups is 1. The molecule has 1 aliphatic heterocycles. The highest BCUT2D eigenvalue weighted by Crippen LogP contribution is 2.40. The van der Waals surface area contributed by atoms with Crippen molar-refractivity contribution in [3.8, 4) is 11.5 Å². The minimum Gasteiger partial charge on any atom is -0.507 e. The molecule has 7 heteroatoms. The van der Waals surface area contributed by atoms with Gasteiger partial charge in [-0.05, 0) is 61.0 Å². The van der Waals surface area contributed by atoms with Crippen molar-refractivity contribution in [1.29, 1.82) is 0 Å². The Kier molecular flexibility index (Phi) is 5.98. The zero-order valence-electron chi connectivity index (χ0n) is 17.8. The Balaban J connectivity index is 1.74. The number of ether oxygens (including phenoxy) is 2. The molecule has 1 fully saturated rings. The number of carbonyl (C=O) groups is 2. The quantitative estimate of drug-likeness (QED) is 0.339. The van der Waals surface area contributed by atoms with Crippen LogP contribution < -0.4 is 9.47 Å². The standard InChI is InChI=1S/C25H23NO6/c1-3-31-19-10-6-16(7-11-19)15-26-22(20-5-4-14-32-20)21(24(28)25(26)29)23(27)17-8-12-18(30-2)13-9-17/h4-14,22,27H,3,15H2,1-2H3/b23-21-. The van der Waals surface area contributed by atoms with Crippen molar-refractivity contribution in [2.75, 3.05) is 13.7 Å². The molecule has 3 aromatic rings. The summed E-state index contributed by atoms with van der Waals surface area (Å²) in [4.78, 5) is 27.4. The topological polar surface area (TPSA) is 89.2 Å². The lowest BCUT2D eigenvalue weighted by molar-refractivity contribution is -0.140. The van der Waals surface area contributed by atoms with Gasteiger partial charge in [0, 0.05) is 12.1 Å². The lowest BCUT2D eigenvalue weighted by Crippen LogP contribution is -2.29. The first-order valence-electron chi connectivity index (χ1n) is 10.2. The van der Waals surface area contributed by atoms with E-state index in [1.807, 2.05) is 31.2 Å². The summed E-state index contributed by atoms with van der Waals surface area (Å²) < 4.78 is 16.2. The maximum atomic E-state index is 13.0. The normalized spacial score (nSPS) is 17.6. The van der Waals surface area contributed by atoms with Gasteiger partial charge in [-0.15, -0.1) is 0 Å². The van der Waals surface area contributed by atoms with E-state index in [-0.39, 0.29) is 17.9 Å². The average molecular weight is 433 g/mol. The second-order valence-corrected chi connectivity index (χ2v) is 7.25. The van der Waals surface area contributed by atoms with Crippen molar-refractivity contribution in [3.05, 3.63) is 89.4 Å². The number of rotatable bonds is 7. The number of aliphatic hydroxyl groups excluding tert-OH is 1. The van der Waals surface area contributed by atoms with E-state index in [1.54, 1.807) is 36.4 Å². The van der Waals surface area contributed by atoms with Crippen molar-refractivity contribution in [2.45, 2.75) is 19.5 Å². The first kappa shape index (κ1) is 21.2. The maximum absolute atomic E-state index is 13.0. The molecule has 1 aromatic heterocycles. The van der Waals surface area contributed by atoms with Crippen LogP contribution in [0.4, 0.5) is 0 Å². The van der Waals surface area contributed by atoms with Crippen LogP contribution in [0.2, 0.25) is 0 Å². The van der Waals surface area contributed by atoms with Crippen LogP contribution in [0.3, 0.4) is 0 Å². The van der Waals surface area contributed by atoms with Crippen molar-refractivity contribution in [2.24, 2.45) is 0 Å². The van der Waals surface area contributed by atoms with Crippen LogP contribution in [0.25, 0.3) is 5.76 Å². The molecule has 0 bridgehead atoms. The fourth-order valence-electron chi connectivity index (χ4n) is 3.74. The van der Waals surface area contributed by atoms with Gasteiger partial charge in [-0.2, -0.15) is 0 Å². The number of nitrogens with zero attached hydrogens (tertiary/aromatic N) is 1. The highest BCUT2D eigenvalue weighted by molar-refractivity contribution is 6.46. The van der Waals surface area contributed by atoms with Gasteiger partial charge in [0.05, 0.1) is 25.6 Å². The Morgan fingerprint density at radius 3 is 2.31 bits per heavy atom. The molecular formula is C25H23NO6. The minimum absolute atomic E-state index is 0.0129. The fraction of sp³-hybridized carbons (Fsp3) is 0.200. The molecule has 164 valence electrons. The summed E-state index contributed by atoms with van der Waals surface area (Å²) in [7, 11) is 1.54. The van der Waals surface area contributed by atoms with E-state index in [0.29, 0.717) is 23.7 Å². The molecule has 1 unspecified atom stereocenters. The number of likely N-dealkylation sites (tertiary alicyclic amines) is 1. The molecule has 0 aliphatic carbocycles. The Bertz CT molecular complexity index is 1130. The van der Waals surface area contributed by atoms with Gasteiger partial charge < -0.3 is 23.9 Å². The predicted octanol–water partition coefficient (Wildman–Crippen LogP) is 4.31. The molecule has 32 heavy (non-hydrogen) atoms. The van der Waals surface area contributed by atoms with Crippen LogP contribution in [-0.4, -0.2) is 35.4 Å². The third-order valence-corrected chi connectivity index (χ3v) is 5.30. The van der Waals surface area contributed by atoms with E-state index in [0.717, 1.165) is 11.3 Å². The number of Topliss-reactive ketones (excluding diaryl/α,β-unsaturated/α-hetero) is 1. The van der Waals surface area contributed by atoms with Crippen molar-refractivity contribution >= 4 is 17.4 Å². The number of hydrogen-bond acceptors (Lipinski definition) is 6. The van der Waals surface area contributed by atoms with E-state index in [1.165, 1.54) is 18.3 Å². The lowest BCUT2D eigenvalue weighted by atomic mass is 9.99. The Hall–Kier alpha value is -4.00. The highest BCUT2D eigenvalue weighted by atomic mass is 16.5. The SMILES string of the molecule is CCOc1ccc(CN2C(=O)C(=O)/C(=C(\O)c3ccc(OC)cc3)C2c2ccco2)cc1. The molecule has 7 nitrogen and oxygen atoms in total. The van der Waals surface area contributed by atoms with Crippen LogP contribution in [0.1, 0.15) is 29.9 Å². The van der Waals surface area contributed by atoms with Crippen molar-refractivity contribution in [1.82, 2.24) is 4.90 Å². The molecule has 1 saturated heterocycles. The second-order valence-electron chi connectivity index (χ2n) is 7.25. The molecule has 1 N–H and O–H groups in total. The third-order valence-electron chi connectivity index (χ3n) is 5.30. The lowest BCUT2D eigenvalue weighted by Gasteiger charge is -2.23. The van der Waals surface area contributed by atoms with Gasteiger partial charge in [0.1, 0.15) is 29.1 Å². The monoisotopic (exact) mass is 433 g/mol. The van der Waals surface area contributed by atoms with Crippen molar-refractivity contribution in [3.63, 3.8) is 0 Å². The zero-order chi connectivity index (χ0) is 22.7. The van der Waals surface area contributed by atoms with Crippen LogP contribution in [0, 0.1) is 0 Å². The van der Waals surface area contributed by atoms with Gasteiger partial charge in [-0.1, -0.05) is 12.1 Å². The summed E-state index contributed by atoms with van der Waals surface area (Å²) in [6, 6.07) is 16.4. The smallest absolute Gasteiger partial charge is 0.296 e. The number of methoxy groups -OCH3 is 1. The summed E-state index contributed by atoms with van der Waals surface area (Å²) >= 11 is 0. The number of ketones is 1. The second kappa shape index (κ2) is 9.01. The summed E-state index contributed by atoms with van der Waals surface area (Å²) in [5.41, 5.74) is 1.21. The van der Waals surface area contributed by atoms with Crippen LogP contribution in [-0.2, 0) is 16.1 Å². The first-order valence-corrected chi connectivity index (χ1v) is 10.2. The molecule has 4 rings (SSSR count). The Morgan fingerprint density at radius 1 is 1.03 bits per heavy atom. The van der Waals surface area contributed by atoms with E-state index in [9.17, 15) is 14.7 Å². The molecular weight excluding hydrogens is 410 g/mol. The number of carbonyl (C=O) groups excluding carboxylic acids is 2. The first-order chi connectivity index (χ1) is 15.5. The third kappa shape index (κ3) is 3.97. The summed E-state index contributed by atoms with van der Waals surface area (Å²) in [5.74, 6) is 0.00766. The number of furan rings is 1. The van der Waals surface area contributed by atoms with Crippen LogP contribution in [0.15, 0.2) is 76.9 Å². The summed E-state index contributed by atoms with van der Waals surface area (Å²) in [6.07, 6.45) is 1.47. The zero-order valence-corrected chi connectivity index (χ0v) is 17.8. The predicted molar refractivity (Wildman–Crippen MR) is 117 cm³/mol. The number of hydrogen-bond donors (Lipinski definition) is 1. The molecule has 2 aromatic carbocycles. The molecule has 0 radical (unpaired) electrons. The molecule has 0 spiro atoms. The van der Waals surface area contributed by atoms with Gasteiger partial charge in [0.25, 0.3) is 11.7 Å². The molecule has 1 atom stereocenters. The molecule has 1 aliphatic rings. The maximum Gasteiger partial charge on any atom is 0.296 e. The van der Waals surface area contributed by atoms with Gasteiger partial charge in [-0.3, -0.25) is 9.59 Å². The number of amides is 1. The van der Waals surface area contributed by atoms with Gasteiger partial charge >= 0.3 is 0 Å². The largest absolute Gasteiger partial charge is 0.507 e. The Morgan fingerprint density at radius 2 is 1.72 bits per heavy atom. The van der Waals surface area contributed by atoms with Crippen LogP contribution >= 0.6 is 0 Å². The Labute approximate surface area is 185 Å². The molecule has 1 amide bonds.